The van der Waals surface area contributed by atoms with Gasteiger partial charge in [-0.2, -0.15) is 0 Å². The first-order valence-corrected chi connectivity index (χ1v) is 5.39. The van der Waals surface area contributed by atoms with E-state index >= 15 is 0 Å². The highest BCUT2D eigenvalue weighted by Gasteiger charge is 2.13. The average Bonchev–Trinajstić information content (AvgIpc) is 2.28. The maximum Gasteiger partial charge on any atom is 0.274 e. The Kier molecular flexibility index (Phi) is 4.84. The van der Waals surface area contributed by atoms with E-state index in [0.29, 0.717) is 18.8 Å². The van der Waals surface area contributed by atoms with Crippen LogP contribution in [0.1, 0.15) is 13.3 Å². The van der Waals surface area contributed by atoms with Gasteiger partial charge in [-0.3, -0.25) is 10.1 Å². The Hall–Kier alpha value is -1.69. The van der Waals surface area contributed by atoms with E-state index in [1.165, 1.54) is 12.1 Å². The van der Waals surface area contributed by atoms with E-state index in [4.69, 9.17) is 5.11 Å². The van der Waals surface area contributed by atoms with Gasteiger partial charge in [0.2, 0.25) is 0 Å². The first-order chi connectivity index (χ1) is 8.08. The van der Waals surface area contributed by atoms with Gasteiger partial charge >= 0.3 is 0 Å². The van der Waals surface area contributed by atoms with Crippen LogP contribution in [0.2, 0.25) is 0 Å². The van der Waals surface area contributed by atoms with Crippen LogP contribution in [0.5, 0.6) is 0 Å². The van der Waals surface area contributed by atoms with Crippen molar-refractivity contribution < 1.29 is 14.4 Å². The molecule has 0 spiro atoms. The van der Waals surface area contributed by atoms with Crippen molar-refractivity contribution >= 4 is 11.4 Å². The maximum absolute atomic E-state index is 13.2. The minimum atomic E-state index is -0.645. The first-order valence-electron chi connectivity index (χ1n) is 5.39. The van der Waals surface area contributed by atoms with E-state index in [-0.39, 0.29) is 12.3 Å². The Morgan fingerprint density at radius 1 is 1.41 bits per heavy atom. The van der Waals surface area contributed by atoms with Gasteiger partial charge in [0.05, 0.1) is 17.6 Å². The lowest BCUT2D eigenvalue weighted by molar-refractivity contribution is -0.385. The zero-order chi connectivity index (χ0) is 12.8. The molecule has 0 bridgehead atoms. The van der Waals surface area contributed by atoms with Gasteiger partial charge in [0.1, 0.15) is 5.82 Å². The SMILES string of the molecule is CCCN(CCO)c1cc(F)cc([N+](=O)[O-])c1. The molecule has 0 fully saturated rings. The fourth-order valence-electron chi connectivity index (χ4n) is 1.61. The van der Waals surface area contributed by atoms with Gasteiger partial charge in [-0.05, 0) is 12.5 Å². The maximum atomic E-state index is 13.2. The summed E-state index contributed by atoms with van der Waals surface area (Å²) in [5.74, 6) is -0.645. The molecule has 1 rings (SSSR count). The molecular formula is C11H15FN2O3. The number of benzene rings is 1. The number of nitro groups is 1. The van der Waals surface area contributed by atoms with Crippen LogP contribution in [0.15, 0.2) is 18.2 Å². The molecular weight excluding hydrogens is 227 g/mol. The molecule has 5 nitrogen and oxygen atoms in total. The molecule has 0 saturated carbocycles. The minimum Gasteiger partial charge on any atom is -0.395 e. The molecule has 0 heterocycles. The standard InChI is InChI=1S/C11H15FN2O3/c1-2-3-13(4-5-15)10-6-9(12)7-11(8-10)14(16)17/h6-8,15H,2-5H2,1H3. The second kappa shape index (κ2) is 6.15. The summed E-state index contributed by atoms with van der Waals surface area (Å²) < 4.78 is 13.2. The quantitative estimate of drug-likeness (QED) is 0.611. The lowest BCUT2D eigenvalue weighted by Gasteiger charge is -2.23. The molecule has 17 heavy (non-hydrogen) atoms. The highest BCUT2D eigenvalue weighted by Crippen LogP contribution is 2.23. The molecule has 94 valence electrons. The molecule has 1 aromatic rings. The summed E-state index contributed by atoms with van der Waals surface area (Å²) in [7, 11) is 0. The van der Waals surface area contributed by atoms with Crippen LogP contribution < -0.4 is 4.90 Å². The normalized spacial score (nSPS) is 10.3. The predicted molar refractivity (Wildman–Crippen MR) is 62.6 cm³/mol. The number of rotatable bonds is 6. The Bertz CT molecular complexity index is 392. The molecule has 0 aliphatic rings. The lowest BCUT2D eigenvalue weighted by Crippen LogP contribution is -2.27. The van der Waals surface area contributed by atoms with Gasteiger partial charge in [-0.25, -0.2) is 4.39 Å². The van der Waals surface area contributed by atoms with Crippen molar-refractivity contribution in [2.75, 3.05) is 24.6 Å². The van der Waals surface area contributed by atoms with Gasteiger partial charge in [-0.15, -0.1) is 0 Å². The predicted octanol–water partition coefficient (Wildman–Crippen LogP) is 1.94. The lowest BCUT2D eigenvalue weighted by atomic mass is 10.2. The van der Waals surface area contributed by atoms with E-state index in [0.717, 1.165) is 12.5 Å². The molecule has 0 saturated heterocycles. The third-order valence-electron chi connectivity index (χ3n) is 2.31. The van der Waals surface area contributed by atoms with E-state index in [9.17, 15) is 14.5 Å². The van der Waals surface area contributed by atoms with E-state index in [2.05, 4.69) is 0 Å². The summed E-state index contributed by atoms with van der Waals surface area (Å²) in [6, 6.07) is 3.43. The van der Waals surface area contributed by atoms with E-state index < -0.39 is 10.7 Å². The molecule has 0 radical (unpaired) electrons. The van der Waals surface area contributed by atoms with Gasteiger partial charge in [0, 0.05) is 24.8 Å². The third kappa shape index (κ3) is 3.67. The molecule has 0 atom stereocenters. The monoisotopic (exact) mass is 242 g/mol. The van der Waals surface area contributed by atoms with Crippen molar-refractivity contribution in [3.8, 4) is 0 Å². The van der Waals surface area contributed by atoms with Crippen molar-refractivity contribution in [2.24, 2.45) is 0 Å². The zero-order valence-corrected chi connectivity index (χ0v) is 9.60. The largest absolute Gasteiger partial charge is 0.395 e. The number of hydrogen-bond donors (Lipinski definition) is 1. The van der Waals surface area contributed by atoms with Crippen LogP contribution in [0.3, 0.4) is 0 Å². The van der Waals surface area contributed by atoms with Gasteiger partial charge in [0.25, 0.3) is 5.69 Å². The van der Waals surface area contributed by atoms with Crippen molar-refractivity contribution in [2.45, 2.75) is 13.3 Å². The number of nitrogens with zero attached hydrogens (tertiary/aromatic N) is 2. The average molecular weight is 242 g/mol. The van der Waals surface area contributed by atoms with Crippen LogP contribution in [0.25, 0.3) is 0 Å². The van der Waals surface area contributed by atoms with Crippen LogP contribution in [-0.2, 0) is 0 Å². The van der Waals surface area contributed by atoms with Gasteiger partial charge < -0.3 is 10.0 Å². The number of halogens is 1. The Morgan fingerprint density at radius 2 is 2.12 bits per heavy atom. The summed E-state index contributed by atoms with van der Waals surface area (Å²) in [4.78, 5) is 11.7. The van der Waals surface area contributed by atoms with Crippen molar-refractivity contribution in [3.63, 3.8) is 0 Å². The van der Waals surface area contributed by atoms with E-state index in [1.54, 1.807) is 4.90 Å². The van der Waals surface area contributed by atoms with Crippen LogP contribution in [-0.4, -0.2) is 29.7 Å². The summed E-state index contributed by atoms with van der Waals surface area (Å²) >= 11 is 0. The Balaban J connectivity index is 3.04. The van der Waals surface area contributed by atoms with Crippen LogP contribution in [0.4, 0.5) is 15.8 Å². The smallest absolute Gasteiger partial charge is 0.274 e. The number of aliphatic hydroxyl groups is 1. The fraction of sp³-hybridized carbons (Fsp3) is 0.455. The third-order valence-corrected chi connectivity index (χ3v) is 2.31. The highest BCUT2D eigenvalue weighted by atomic mass is 19.1. The number of aliphatic hydroxyl groups excluding tert-OH is 1. The molecule has 1 N–H and O–H groups in total. The fourth-order valence-corrected chi connectivity index (χ4v) is 1.61. The zero-order valence-electron chi connectivity index (χ0n) is 9.60. The first kappa shape index (κ1) is 13.4. The number of nitro benzene ring substituents is 1. The topological polar surface area (TPSA) is 66.6 Å². The highest BCUT2D eigenvalue weighted by molar-refractivity contribution is 5.53. The molecule has 0 aromatic heterocycles. The van der Waals surface area contributed by atoms with Crippen molar-refractivity contribution in [1.29, 1.82) is 0 Å². The Morgan fingerprint density at radius 3 is 2.65 bits per heavy atom. The number of hydrogen-bond acceptors (Lipinski definition) is 4. The second-order valence-electron chi connectivity index (χ2n) is 3.64. The summed E-state index contributed by atoms with van der Waals surface area (Å²) in [6.07, 6.45) is 0.810. The summed E-state index contributed by atoms with van der Waals surface area (Å²) in [5, 5.41) is 19.5. The molecule has 0 aliphatic heterocycles. The molecule has 1 aromatic carbocycles. The molecule has 6 heteroatoms. The van der Waals surface area contributed by atoms with E-state index in [1.807, 2.05) is 6.92 Å². The minimum absolute atomic E-state index is 0.0791. The molecule has 0 amide bonds. The van der Waals surface area contributed by atoms with Crippen molar-refractivity contribution in [3.05, 3.63) is 34.1 Å². The Labute approximate surface area is 98.6 Å². The van der Waals surface area contributed by atoms with Crippen LogP contribution in [0, 0.1) is 15.9 Å². The van der Waals surface area contributed by atoms with Crippen LogP contribution >= 0.6 is 0 Å². The van der Waals surface area contributed by atoms with Gasteiger partial charge in [-0.1, -0.05) is 6.92 Å². The van der Waals surface area contributed by atoms with Gasteiger partial charge in [0.15, 0.2) is 0 Å². The molecule has 0 unspecified atom stereocenters. The second-order valence-corrected chi connectivity index (χ2v) is 3.64. The number of anilines is 1. The van der Waals surface area contributed by atoms with Crippen molar-refractivity contribution in [1.82, 2.24) is 0 Å². The summed E-state index contributed by atoms with van der Waals surface area (Å²) in [5.41, 5.74) is 0.145. The summed E-state index contributed by atoms with van der Waals surface area (Å²) in [6.45, 7) is 2.80. The number of non-ortho nitro benzene ring substituents is 1. The molecule has 0 aliphatic carbocycles.